The summed E-state index contributed by atoms with van der Waals surface area (Å²) in [4.78, 5) is 0. The molecular formula is C9H17N3. The van der Waals surface area contributed by atoms with E-state index < -0.39 is 0 Å². The van der Waals surface area contributed by atoms with Crippen molar-refractivity contribution < 1.29 is 0 Å². The van der Waals surface area contributed by atoms with Crippen molar-refractivity contribution in [1.82, 2.24) is 5.32 Å². The SMILES string of the molecule is CCCC(=N)C1=C(N)CCNC1. The van der Waals surface area contributed by atoms with Gasteiger partial charge in [0.1, 0.15) is 0 Å². The molecule has 0 amide bonds. The first kappa shape index (κ1) is 9.26. The smallest absolute Gasteiger partial charge is 0.0375 e. The molecule has 0 saturated carbocycles. The normalized spacial score (nSPS) is 18.1. The van der Waals surface area contributed by atoms with Gasteiger partial charge in [-0.3, -0.25) is 0 Å². The van der Waals surface area contributed by atoms with E-state index in [1.165, 1.54) is 0 Å². The molecule has 0 spiro atoms. The van der Waals surface area contributed by atoms with Crippen molar-refractivity contribution in [3.63, 3.8) is 0 Å². The van der Waals surface area contributed by atoms with Gasteiger partial charge in [-0.2, -0.15) is 0 Å². The van der Waals surface area contributed by atoms with Crippen LogP contribution < -0.4 is 11.1 Å². The second-order valence-electron chi connectivity index (χ2n) is 3.16. The zero-order valence-corrected chi connectivity index (χ0v) is 7.61. The average molecular weight is 167 g/mol. The van der Waals surface area contributed by atoms with Gasteiger partial charge in [-0.25, -0.2) is 0 Å². The lowest BCUT2D eigenvalue weighted by Crippen LogP contribution is -2.31. The van der Waals surface area contributed by atoms with Crippen molar-refractivity contribution in [2.45, 2.75) is 26.2 Å². The molecule has 1 aliphatic heterocycles. The van der Waals surface area contributed by atoms with Crippen LogP contribution >= 0.6 is 0 Å². The Labute approximate surface area is 73.5 Å². The van der Waals surface area contributed by atoms with Crippen molar-refractivity contribution in [1.29, 1.82) is 5.41 Å². The second kappa shape index (κ2) is 4.26. The van der Waals surface area contributed by atoms with E-state index in [4.69, 9.17) is 11.1 Å². The Morgan fingerprint density at radius 1 is 1.67 bits per heavy atom. The Kier molecular flexibility index (Phi) is 3.29. The summed E-state index contributed by atoms with van der Waals surface area (Å²) in [5.41, 5.74) is 8.46. The van der Waals surface area contributed by atoms with E-state index in [0.29, 0.717) is 5.71 Å². The van der Waals surface area contributed by atoms with E-state index in [-0.39, 0.29) is 0 Å². The van der Waals surface area contributed by atoms with Crippen LogP contribution in [-0.4, -0.2) is 18.8 Å². The summed E-state index contributed by atoms with van der Waals surface area (Å²) in [6, 6.07) is 0. The molecule has 0 fully saturated rings. The first-order valence-electron chi connectivity index (χ1n) is 4.51. The summed E-state index contributed by atoms with van der Waals surface area (Å²) in [6.45, 7) is 3.82. The van der Waals surface area contributed by atoms with Crippen molar-refractivity contribution in [2.75, 3.05) is 13.1 Å². The topological polar surface area (TPSA) is 61.9 Å². The predicted molar refractivity (Wildman–Crippen MR) is 51.3 cm³/mol. The number of nitrogens with two attached hydrogens (primary N) is 1. The van der Waals surface area contributed by atoms with Crippen LogP contribution in [0.5, 0.6) is 0 Å². The number of hydrogen-bond donors (Lipinski definition) is 3. The molecule has 1 heterocycles. The van der Waals surface area contributed by atoms with E-state index in [1.54, 1.807) is 0 Å². The Morgan fingerprint density at radius 3 is 3.00 bits per heavy atom. The van der Waals surface area contributed by atoms with E-state index in [0.717, 1.165) is 43.6 Å². The summed E-state index contributed by atoms with van der Waals surface area (Å²) in [6.07, 6.45) is 2.76. The monoisotopic (exact) mass is 167 g/mol. The molecule has 0 aliphatic carbocycles. The van der Waals surface area contributed by atoms with Gasteiger partial charge in [-0.15, -0.1) is 0 Å². The van der Waals surface area contributed by atoms with Crippen LogP contribution in [0.15, 0.2) is 11.3 Å². The van der Waals surface area contributed by atoms with Gasteiger partial charge in [0.2, 0.25) is 0 Å². The van der Waals surface area contributed by atoms with Crippen LogP contribution in [0.1, 0.15) is 26.2 Å². The highest BCUT2D eigenvalue weighted by molar-refractivity contribution is 5.98. The van der Waals surface area contributed by atoms with Crippen LogP contribution in [0.3, 0.4) is 0 Å². The van der Waals surface area contributed by atoms with Gasteiger partial charge < -0.3 is 16.5 Å². The fourth-order valence-corrected chi connectivity index (χ4v) is 1.40. The summed E-state index contributed by atoms with van der Waals surface area (Å²) >= 11 is 0. The average Bonchev–Trinajstić information content (AvgIpc) is 2.05. The van der Waals surface area contributed by atoms with E-state index in [1.807, 2.05) is 0 Å². The first-order valence-corrected chi connectivity index (χ1v) is 4.51. The maximum absolute atomic E-state index is 7.74. The summed E-state index contributed by atoms with van der Waals surface area (Å²) in [5.74, 6) is 0. The molecule has 12 heavy (non-hydrogen) atoms. The Bertz CT molecular complexity index is 206. The molecule has 1 rings (SSSR count). The standard InChI is InChI=1S/C9H17N3/c1-2-3-8(10)7-6-12-5-4-9(7)11/h10,12H,2-6,11H2,1H3. The molecule has 3 nitrogen and oxygen atoms in total. The number of nitrogens with one attached hydrogen (secondary N) is 2. The quantitative estimate of drug-likeness (QED) is 0.549. The van der Waals surface area contributed by atoms with Gasteiger partial charge in [-0.1, -0.05) is 13.3 Å². The predicted octanol–water partition coefficient (Wildman–Crippen LogP) is 1.01. The maximum Gasteiger partial charge on any atom is 0.0375 e. The molecule has 4 N–H and O–H groups in total. The third kappa shape index (κ3) is 2.08. The van der Waals surface area contributed by atoms with Crippen molar-refractivity contribution in [2.24, 2.45) is 5.73 Å². The molecule has 1 aliphatic rings. The zero-order valence-electron chi connectivity index (χ0n) is 7.61. The van der Waals surface area contributed by atoms with Crippen LogP contribution in [0, 0.1) is 5.41 Å². The van der Waals surface area contributed by atoms with E-state index in [2.05, 4.69) is 12.2 Å². The summed E-state index contributed by atoms with van der Waals surface area (Å²) in [5, 5.41) is 11.0. The molecule has 0 radical (unpaired) electrons. The molecule has 68 valence electrons. The third-order valence-electron chi connectivity index (χ3n) is 2.12. The van der Waals surface area contributed by atoms with Crippen molar-refractivity contribution >= 4 is 5.71 Å². The Balaban J connectivity index is 2.64. The largest absolute Gasteiger partial charge is 0.402 e. The van der Waals surface area contributed by atoms with Crippen molar-refractivity contribution in [3.8, 4) is 0 Å². The van der Waals surface area contributed by atoms with Gasteiger partial charge in [0.25, 0.3) is 0 Å². The number of rotatable bonds is 3. The second-order valence-corrected chi connectivity index (χ2v) is 3.16. The van der Waals surface area contributed by atoms with E-state index >= 15 is 0 Å². The van der Waals surface area contributed by atoms with Gasteiger partial charge >= 0.3 is 0 Å². The summed E-state index contributed by atoms with van der Waals surface area (Å²) in [7, 11) is 0. The molecule has 0 bridgehead atoms. The van der Waals surface area contributed by atoms with E-state index in [9.17, 15) is 0 Å². The van der Waals surface area contributed by atoms with Crippen molar-refractivity contribution in [3.05, 3.63) is 11.3 Å². The molecule has 0 atom stereocenters. The van der Waals surface area contributed by atoms with Crippen LogP contribution in [-0.2, 0) is 0 Å². The highest BCUT2D eigenvalue weighted by atomic mass is 14.9. The molecule has 0 unspecified atom stereocenters. The molecule has 0 aromatic rings. The van der Waals surface area contributed by atoms with Gasteiger partial charge in [-0.05, 0) is 12.8 Å². The van der Waals surface area contributed by atoms with Crippen LogP contribution in [0.2, 0.25) is 0 Å². The fraction of sp³-hybridized carbons (Fsp3) is 0.667. The molecule has 0 aromatic carbocycles. The Morgan fingerprint density at radius 2 is 2.42 bits per heavy atom. The molecular weight excluding hydrogens is 150 g/mol. The van der Waals surface area contributed by atoms with Crippen LogP contribution in [0.25, 0.3) is 0 Å². The van der Waals surface area contributed by atoms with Gasteiger partial charge in [0.15, 0.2) is 0 Å². The molecule has 0 aromatic heterocycles. The highest BCUT2D eigenvalue weighted by Gasteiger charge is 2.12. The third-order valence-corrected chi connectivity index (χ3v) is 2.12. The molecule has 0 saturated heterocycles. The number of hydrogen-bond acceptors (Lipinski definition) is 3. The lowest BCUT2D eigenvalue weighted by atomic mass is 10.0. The minimum Gasteiger partial charge on any atom is -0.402 e. The highest BCUT2D eigenvalue weighted by Crippen LogP contribution is 2.10. The fourth-order valence-electron chi connectivity index (χ4n) is 1.40. The lowest BCUT2D eigenvalue weighted by Gasteiger charge is -2.18. The summed E-state index contributed by atoms with van der Waals surface area (Å²) < 4.78 is 0. The minimum absolute atomic E-state index is 0.710. The van der Waals surface area contributed by atoms with Gasteiger partial charge in [0.05, 0.1) is 0 Å². The first-order chi connectivity index (χ1) is 5.75. The minimum atomic E-state index is 0.710. The molecule has 3 heteroatoms. The maximum atomic E-state index is 7.74. The lowest BCUT2D eigenvalue weighted by molar-refractivity contribution is 0.683. The Hall–Kier alpha value is -0.830. The zero-order chi connectivity index (χ0) is 8.97. The van der Waals surface area contributed by atoms with Gasteiger partial charge in [0, 0.05) is 30.1 Å². The van der Waals surface area contributed by atoms with Crippen LogP contribution in [0.4, 0.5) is 0 Å².